The number of rotatable bonds is 3. The van der Waals surface area contributed by atoms with Gasteiger partial charge in [0.05, 0.1) is 12.2 Å². The van der Waals surface area contributed by atoms with Crippen molar-refractivity contribution < 1.29 is 0 Å². The second-order valence-corrected chi connectivity index (χ2v) is 4.93. The second-order valence-electron chi connectivity index (χ2n) is 4.93. The molecule has 0 spiro atoms. The number of aromatic nitrogens is 1. The van der Waals surface area contributed by atoms with Crippen LogP contribution in [0.5, 0.6) is 0 Å². The molecule has 4 N–H and O–H groups in total. The molecule has 1 fully saturated rings. The maximum Gasteiger partial charge on any atom is 0.0729 e. The third-order valence-corrected chi connectivity index (χ3v) is 3.67. The van der Waals surface area contributed by atoms with E-state index < -0.39 is 0 Å². The zero-order valence-corrected chi connectivity index (χ0v) is 10.7. The Labute approximate surface area is 113 Å². The molecule has 1 aromatic heterocycles. The first-order valence-corrected chi connectivity index (χ1v) is 6.55. The summed E-state index contributed by atoms with van der Waals surface area (Å²) >= 11 is 0. The Morgan fingerprint density at radius 3 is 2.47 bits per heavy atom. The zero-order valence-electron chi connectivity index (χ0n) is 10.7. The highest BCUT2D eigenvalue weighted by Crippen LogP contribution is 2.29. The van der Waals surface area contributed by atoms with E-state index in [0.29, 0.717) is 5.92 Å². The molecule has 1 aliphatic rings. The van der Waals surface area contributed by atoms with Gasteiger partial charge in [0.15, 0.2) is 0 Å². The molecule has 0 amide bonds. The van der Waals surface area contributed by atoms with Gasteiger partial charge in [0, 0.05) is 18.3 Å². The molecule has 19 heavy (non-hydrogen) atoms. The monoisotopic (exact) mass is 254 g/mol. The van der Waals surface area contributed by atoms with Crippen LogP contribution < -0.4 is 16.6 Å². The molecule has 3 atom stereocenters. The molecule has 1 aromatic carbocycles. The quantitative estimate of drug-likeness (QED) is 0.774. The van der Waals surface area contributed by atoms with Crippen LogP contribution in [0.25, 0.3) is 0 Å². The van der Waals surface area contributed by atoms with Crippen molar-refractivity contribution in [2.45, 2.75) is 18.6 Å². The van der Waals surface area contributed by atoms with Crippen molar-refractivity contribution in [1.82, 2.24) is 15.8 Å². The molecular formula is C15H18N4. The predicted molar refractivity (Wildman–Crippen MR) is 74.9 cm³/mol. The van der Waals surface area contributed by atoms with Crippen LogP contribution >= 0.6 is 0 Å². The summed E-state index contributed by atoms with van der Waals surface area (Å²) in [6.45, 7) is 0. The Hall–Kier alpha value is -1.75. The van der Waals surface area contributed by atoms with E-state index in [1.54, 1.807) is 0 Å². The fraction of sp³-hybridized carbons (Fsp3) is 0.267. The summed E-state index contributed by atoms with van der Waals surface area (Å²) < 4.78 is 0. The number of benzene rings is 1. The number of nitrogens with one attached hydrogen (secondary N) is 2. The van der Waals surface area contributed by atoms with Crippen molar-refractivity contribution in [3.8, 4) is 0 Å². The summed E-state index contributed by atoms with van der Waals surface area (Å²) in [5, 5.41) is 0. The summed E-state index contributed by atoms with van der Waals surface area (Å²) in [6, 6.07) is 14.8. The van der Waals surface area contributed by atoms with Gasteiger partial charge in [-0.05, 0) is 29.7 Å². The van der Waals surface area contributed by atoms with E-state index in [4.69, 9.17) is 5.73 Å². The Kier molecular flexibility index (Phi) is 3.55. The fourth-order valence-electron chi connectivity index (χ4n) is 2.64. The second kappa shape index (κ2) is 5.48. The standard InChI is InChI=1S/C15H18N4/c16-15-13(10-11-4-2-1-3-5-11)14(18-19-15)12-6-8-17-9-7-12/h1-9,13-15,18-19H,10,16H2. The van der Waals surface area contributed by atoms with Crippen LogP contribution in [0, 0.1) is 5.92 Å². The highest BCUT2D eigenvalue weighted by atomic mass is 15.5. The van der Waals surface area contributed by atoms with Crippen molar-refractivity contribution >= 4 is 0 Å². The van der Waals surface area contributed by atoms with Gasteiger partial charge in [-0.15, -0.1) is 0 Å². The molecule has 2 heterocycles. The molecule has 98 valence electrons. The van der Waals surface area contributed by atoms with Crippen LogP contribution in [0.4, 0.5) is 0 Å². The van der Waals surface area contributed by atoms with Gasteiger partial charge in [0.25, 0.3) is 0 Å². The lowest BCUT2D eigenvalue weighted by Gasteiger charge is -2.21. The summed E-state index contributed by atoms with van der Waals surface area (Å²) in [4.78, 5) is 4.07. The zero-order chi connectivity index (χ0) is 13.1. The van der Waals surface area contributed by atoms with Crippen molar-refractivity contribution in [1.29, 1.82) is 0 Å². The van der Waals surface area contributed by atoms with Crippen molar-refractivity contribution in [2.24, 2.45) is 11.7 Å². The van der Waals surface area contributed by atoms with Gasteiger partial charge in [-0.1, -0.05) is 30.3 Å². The highest BCUT2D eigenvalue weighted by Gasteiger charge is 2.34. The number of hydrogen-bond acceptors (Lipinski definition) is 4. The molecule has 4 heteroatoms. The summed E-state index contributed by atoms with van der Waals surface area (Å²) in [5.74, 6) is 0.324. The number of pyridine rings is 1. The Bertz CT molecular complexity index is 514. The van der Waals surface area contributed by atoms with Gasteiger partial charge in [-0.25, -0.2) is 10.9 Å². The van der Waals surface area contributed by atoms with E-state index >= 15 is 0 Å². The van der Waals surface area contributed by atoms with Gasteiger partial charge in [0.2, 0.25) is 0 Å². The van der Waals surface area contributed by atoms with Crippen LogP contribution in [0.1, 0.15) is 17.2 Å². The molecule has 3 rings (SSSR count). The lowest BCUT2D eigenvalue weighted by molar-refractivity contribution is 0.420. The maximum absolute atomic E-state index is 6.17. The average molecular weight is 254 g/mol. The summed E-state index contributed by atoms with van der Waals surface area (Å²) in [5.41, 5.74) is 15.1. The molecule has 0 aliphatic carbocycles. The smallest absolute Gasteiger partial charge is 0.0729 e. The first-order valence-electron chi connectivity index (χ1n) is 6.55. The first-order chi connectivity index (χ1) is 9.34. The van der Waals surface area contributed by atoms with Gasteiger partial charge in [-0.2, -0.15) is 0 Å². The molecule has 0 bridgehead atoms. The van der Waals surface area contributed by atoms with E-state index in [2.05, 4.69) is 40.1 Å². The number of nitrogens with zero attached hydrogens (tertiary/aromatic N) is 1. The lowest BCUT2D eigenvalue weighted by Crippen LogP contribution is -2.39. The van der Waals surface area contributed by atoms with Gasteiger partial charge in [0.1, 0.15) is 0 Å². The SMILES string of the molecule is NC1NNC(c2ccncc2)C1Cc1ccccc1. The molecular weight excluding hydrogens is 236 g/mol. The summed E-state index contributed by atoms with van der Waals surface area (Å²) in [7, 11) is 0. The molecule has 0 saturated carbocycles. The topological polar surface area (TPSA) is 63.0 Å². The molecule has 4 nitrogen and oxygen atoms in total. The summed E-state index contributed by atoms with van der Waals surface area (Å²) in [6.07, 6.45) is 4.55. The normalized spacial score (nSPS) is 26.5. The van der Waals surface area contributed by atoms with Crippen molar-refractivity contribution in [3.63, 3.8) is 0 Å². The highest BCUT2D eigenvalue weighted by molar-refractivity contribution is 5.21. The number of hydrogen-bond donors (Lipinski definition) is 3. The van der Waals surface area contributed by atoms with Crippen LogP contribution in [0.15, 0.2) is 54.9 Å². The minimum Gasteiger partial charge on any atom is -0.315 e. The third kappa shape index (κ3) is 2.66. The van der Waals surface area contributed by atoms with E-state index in [1.807, 2.05) is 30.6 Å². The van der Waals surface area contributed by atoms with E-state index in [0.717, 1.165) is 6.42 Å². The fourth-order valence-corrected chi connectivity index (χ4v) is 2.64. The Morgan fingerprint density at radius 2 is 1.74 bits per heavy atom. The van der Waals surface area contributed by atoms with E-state index in [9.17, 15) is 0 Å². The van der Waals surface area contributed by atoms with Gasteiger partial charge in [-0.3, -0.25) is 4.98 Å². The number of nitrogens with two attached hydrogens (primary N) is 1. The molecule has 1 aliphatic heterocycles. The molecule has 1 saturated heterocycles. The van der Waals surface area contributed by atoms with Gasteiger partial charge < -0.3 is 5.73 Å². The Morgan fingerprint density at radius 1 is 1.00 bits per heavy atom. The van der Waals surface area contributed by atoms with Crippen molar-refractivity contribution in [2.75, 3.05) is 0 Å². The van der Waals surface area contributed by atoms with Crippen molar-refractivity contribution in [3.05, 3.63) is 66.0 Å². The predicted octanol–water partition coefficient (Wildman–Crippen LogP) is 1.37. The van der Waals surface area contributed by atoms with Crippen LogP contribution in [-0.2, 0) is 6.42 Å². The maximum atomic E-state index is 6.17. The molecule has 0 radical (unpaired) electrons. The Balaban J connectivity index is 1.81. The molecule has 3 unspecified atom stereocenters. The van der Waals surface area contributed by atoms with E-state index in [-0.39, 0.29) is 12.2 Å². The first kappa shape index (κ1) is 12.3. The number of hydrazine groups is 1. The third-order valence-electron chi connectivity index (χ3n) is 3.67. The van der Waals surface area contributed by atoms with Gasteiger partial charge >= 0.3 is 0 Å². The van der Waals surface area contributed by atoms with Crippen LogP contribution in [-0.4, -0.2) is 11.1 Å². The molecule has 2 aromatic rings. The minimum absolute atomic E-state index is 0.0432. The average Bonchev–Trinajstić information content (AvgIpc) is 2.82. The lowest BCUT2D eigenvalue weighted by atomic mass is 9.88. The van der Waals surface area contributed by atoms with Crippen LogP contribution in [0.2, 0.25) is 0 Å². The minimum atomic E-state index is -0.0432. The largest absolute Gasteiger partial charge is 0.315 e. The van der Waals surface area contributed by atoms with Crippen LogP contribution in [0.3, 0.4) is 0 Å². The van der Waals surface area contributed by atoms with E-state index in [1.165, 1.54) is 11.1 Å².